The van der Waals surface area contributed by atoms with Crippen LogP contribution in [0.2, 0.25) is 0 Å². The van der Waals surface area contributed by atoms with Crippen LogP contribution in [-0.4, -0.2) is 47.2 Å². The van der Waals surface area contributed by atoms with Gasteiger partial charge in [-0.1, -0.05) is 11.3 Å². The van der Waals surface area contributed by atoms with Crippen molar-refractivity contribution in [3.63, 3.8) is 0 Å². The van der Waals surface area contributed by atoms with Gasteiger partial charge in [0.25, 0.3) is 5.91 Å². The molecule has 0 bridgehead atoms. The van der Waals surface area contributed by atoms with Gasteiger partial charge in [-0.25, -0.2) is 4.39 Å². The van der Waals surface area contributed by atoms with Crippen molar-refractivity contribution >= 4 is 22.4 Å². The number of halogens is 1. The Morgan fingerprint density at radius 1 is 1.14 bits per heavy atom. The number of anilines is 1. The fraction of sp³-hybridized carbons (Fsp3) is 0.357. The van der Waals surface area contributed by atoms with E-state index in [4.69, 9.17) is 0 Å². The van der Waals surface area contributed by atoms with Crippen molar-refractivity contribution in [2.75, 3.05) is 31.1 Å². The van der Waals surface area contributed by atoms with E-state index in [0.717, 1.165) is 23.2 Å². The first-order chi connectivity index (χ1) is 10.1. The number of hydrogen-bond donors (Lipinski definition) is 0. The number of rotatable bonds is 2. The average Bonchev–Trinajstić information content (AvgIpc) is 2.94. The van der Waals surface area contributed by atoms with Gasteiger partial charge < -0.3 is 9.80 Å². The van der Waals surface area contributed by atoms with Crippen LogP contribution in [0.3, 0.4) is 0 Å². The molecule has 1 fully saturated rings. The third kappa shape index (κ3) is 3.02. The molecule has 2 aromatic rings. The quantitative estimate of drug-likeness (QED) is 0.851. The Balaban J connectivity index is 1.63. The fourth-order valence-corrected chi connectivity index (χ4v) is 3.03. The number of nitrogens with zero attached hydrogens (tertiary/aromatic N) is 4. The number of aryl methyl sites for hydroxylation is 1. The summed E-state index contributed by atoms with van der Waals surface area (Å²) in [6.45, 7) is 4.67. The molecule has 0 N–H and O–H groups in total. The summed E-state index contributed by atoms with van der Waals surface area (Å²) in [6, 6.07) is 5.68. The van der Waals surface area contributed by atoms with Gasteiger partial charge in [0.05, 0.1) is 0 Å². The monoisotopic (exact) mass is 306 g/mol. The SMILES string of the molecule is Cc1nnc(N2CCN(C(=O)c3ccc(F)cc3)CC2)s1. The van der Waals surface area contributed by atoms with Gasteiger partial charge in [0.1, 0.15) is 10.8 Å². The summed E-state index contributed by atoms with van der Waals surface area (Å²) in [5.74, 6) is -0.383. The van der Waals surface area contributed by atoms with Crippen molar-refractivity contribution in [3.8, 4) is 0 Å². The van der Waals surface area contributed by atoms with E-state index < -0.39 is 0 Å². The lowest BCUT2D eigenvalue weighted by Gasteiger charge is -2.34. The van der Waals surface area contributed by atoms with Crippen molar-refractivity contribution in [1.82, 2.24) is 15.1 Å². The van der Waals surface area contributed by atoms with E-state index in [9.17, 15) is 9.18 Å². The number of amides is 1. The highest BCUT2D eigenvalue weighted by atomic mass is 32.1. The van der Waals surface area contributed by atoms with Gasteiger partial charge in [-0.15, -0.1) is 10.2 Å². The summed E-state index contributed by atoms with van der Waals surface area (Å²) in [4.78, 5) is 16.2. The first-order valence-electron chi connectivity index (χ1n) is 6.73. The molecule has 7 heteroatoms. The molecule has 0 aliphatic carbocycles. The molecule has 1 aromatic heterocycles. The lowest BCUT2D eigenvalue weighted by Crippen LogP contribution is -2.48. The molecule has 21 heavy (non-hydrogen) atoms. The molecule has 0 radical (unpaired) electrons. The topological polar surface area (TPSA) is 49.3 Å². The summed E-state index contributed by atoms with van der Waals surface area (Å²) in [5, 5.41) is 9.98. The summed E-state index contributed by atoms with van der Waals surface area (Å²) >= 11 is 1.56. The Labute approximate surface area is 126 Å². The van der Waals surface area contributed by atoms with Gasteiger partial charge in [-0.05, 0) is 31.2 Å². The van der Waals surface area contributed by atoms with E-state index in [1.807, 2.05) is 6.92 Å². The second-order valence-corrected chi connectivity index (χ2v) is 6.05. The van der Waals surface area contributed by atoms with Crippen LogP contribution < -0.4 is 4.90 Å². The summed E-state index contributed by atoms with van der Waals surface area (Å²) in [6.07, 6.45) is 0. The Hall–Kier alpha value is -2.02. The van der Waals surface area contributed by atoms with Crippen molar-refractivity contribution in [2.45, 2.75) is 6.92 Å². The van der Waals surface area contributed by atoms with Gasteiger partial charge in [-0.3, -0.25) is 4.79 Å². The number of carbonyl (C=O) groups excluding carboxylic acids is 1. The summed E-state index contributed by atoms with van der Waals surface area (Å²) in [5.41, 5.74) is 0.525. The third-order valence-electron chi connectivity index (χ3n) is 3.44. The molecule has 110 valence electrons. The first-order valence-corrected chi connectivity index (χ1v) is 7.55. The Bertz CT molecular complexity index is 635. The number of carbonyl (C=O) groups is 1. The highest BCUT2D eigenvalue weighted by molar-refractivity contribution is 7.15. The highest BCUT2D eigenvalue weighted by Crippen LogP contribution is 2.21. The molecule has 3 rings (SSSR count). The van der Waals surface area contributed by atoms with Crippen LogP contribution in [0.4, 0.5) is 9.52 Å². The van der Waals surface area contributed by atoms with E-state index in [2.05, 4.69) is 15.1 Å². The molecule has 1 amide bonds. The molecule has 0 spiro atoms. The molecule has 1 aliphatic heterocycles. The van der Waals surface area contributed by atoms with Crippen LogP contribution in [0.15, 0.2) is 24.3 Å². The van der Waals surface area contributed by atoms with E-state index in [-0.39, 0.29) is 11.7 Å². The average molecular weight is 306 g/mol. The van der Waals surface area contributed by atoms with Gasteiger partial charge in [-0.2, -0.15) is 0 Å². The van der Waals surface area contributed by atoms with E-state index in [1.165, 1.54) is 24.3 Å². The highest BCUT2D eigenvalue weighted by Gasteiger charge is 2.23. The third-order valence-corrected chi connectivity index (χ3v) is 4.34. The maximum absolute atomic E-state index is 12.9. The minimum Gasteiger partial charge on any atom is -0.343 e. The van der Waals surface area contributed by atoms with Crippen molar-refractivity contribution in [1.29, 1.82) is 0 Å². The van der Waals surface area contributed by atoms with E-state index in [0.29, 0.717) is 18.7 Å². The van der Waals surface area contributed by atoms with Crippen molar-refractivity contribution < 1.29 is 9.18 Å². The number of piperazine rings is 1. The van der Waals surface area contributed by atoms with Gasteiger partial charge in [0.2, 0.25) is 5.13 Å². The molecular weight excluding hydrogens is 291 g/mol. The fourth-order valence-electron chi connectivity index (χ4n) is 2.29. The predicted molar refractivity (Wildman–Crippen MR) is 79.2 cm³/mol. The van der Waals surface area contributed by atoms with Crippen LogP contribution in [0.5, 0.6) is 0 Å². The number of benzene rings is 1. The Kier molecular flexibility index (Phi) is 3.83. The van der Waals surface area contributed by atoms with E-state index in [1.54, 1.807) is 16.2 Å². The predicted octanol–water partition coefficient (Wildman–Crippen LogP) is 1.95. The standard InChI is InChI=1S/C14H15FN4OS/c1-10-16-17-14(21-10)19-8-6-18(7-9-19)13(20)11-2-4-12(15)5-3-11/h2-5H,6-9H2,1H3. The first kappa shape index (κ1) is 13.9. The zero-order valence-electron chi connectivity index (χ0n) is 11.6. The molecule has 0 atom stereocenters. The van der Waals surface area contributed by atoms with Crippen molar-refractivity contribution in [3.05, 3.63) is 40.7 Å². The largest absolute Gasteiger partial charge is 0.343 e. The zero-order valence-corrected chi connectivity index (χ0v) is 12.4. The van der Waals surface area contributed by atoms with Gasteiger partial charge in [0.15, 0.2) is 0 Å². The number of hydrogen-bond acceptors (Lipinski definition) is 5. The molecule has 1 aliphatic rings. The van der Waals surface area contributed by atoms with Gasteiger partial charge in [0, 0.05) is 31.7 Å². The lowest BCUT2D eigenvalue weighted by molar-refractivity contribution is 0.0746. The Morgan fingerprint density at radius 2 is 1.81 bits per heavy atom. The van der Waals surface area contributed by atoms with Crippen LogP contribution in [0, 0.1) is 12.7 Å². The molecule has 0 unspecified atom stereocenters. The maximum Gasteiger partial charge on any atom is 0.253 e. The van der Waals surface area contributed by atoms with Crippen LogP contribution in [0.25, 0.3) is 0 Å². The molecule has 0 saturated carbocycles. The van der Waals surface area contributed by atoms with Crippen LogP contribution >= 0.6 is 11.3 Å². The zero-order chi connectivity index (χ0) is 14.8. The summed E-state index contributed by atoms with van der Waals surface area (Å²) in [7, 11) is 0. The van der Waals surface area contributed by atoms with Crippen molar-refractivity contribution in [2.24, 2.45) is 0 Å². The van der Waals surface area contributed by atoms with Crippen LogP contribution in [-0.2, 0) is 0 Å². The Morgan fingerprint density at radius 3 is 2.38 bits per heavy atom. The molecule has 1 aromatic carbocycles. The molecular formula is C14H15FN4OS. The lowest BCUT2D eigenvalue weighted by atomic mass is 10.2. The minimum atomic E-state index is -0.331. The second kappa shape index (κ2) is 5.77. The number of aromatic nitrogens is 2. The van der Waals surface area contributed by atoms with E-state index >= 15 is 0 Å². The van der Waals surface area contributed by atoms with Gasteiger partial charge >= 0.3 is 0 Å². The smallest absolute Gasteiger partial charge is 0.253 e. The molecule has 1 saturated heterocycles. The second-order valence-electron chi connectivity index (χ2n) is 4.89. The minimum absolute atomic E-state index is 0.0527. The molecule has 5 nitrogen and oxygen atoms in total. The maximum atomic E-state index is 12.9. The summed E-state index contributed by atoms with van der Waals surface area (Å²) < 4.78 is 12.9. The molecule has 2 heterocycles. The normalized spacial score (nSPS) is 15.3. The van der Waals surface area contributed by atoms with Crippen LogP contribution in [0.1, 0.15) is 15.4 Å².